The zero-order valence-corrected chi connectivity index (χ0v) is 10.4. The molecule has 86 valence electrons. The molecule has 2 amide bonds. The van der Waals surface area contributed by atoms with Gasteiger partial charge in [-0.1, -0.05) is 17.2 Å². The maximum atomic E-state index is 11.0. The first-order valence-corrected chi connectivity index (χ1v) is 8.07. The summed E-state index contributed by atoms with van der Waals surface area (Å²) in [6, 6.07) is 0. The highest BCUT2D eigenvalue weighted by Crippen LogP contribution is 2.04. The number of nitrogens with zero attached hydrogens (tertiary/aromatic N) is 2. The van der Waals surface area contributed by atoms with E-state index >= 15 is 0 Å². The molecule has 7 heteroatoms. The molecule has 0 unspecified atom stereocenters. The van der Waals surface area contributed by atoms with Crippen molar-refractivity contribution in [2.45, 2.75) is 33.0 Å². The Kier molecular flexibility index (Phi) is 5.76. The highest BCUT2D eigenvalue weighted by atomic mass is 28.4. The zero-order valence-electron chi connectivity index (χ0n) is 9.44. The van der Waals surface area contributed by atoms with Crippen LogP contribution in [0.4, 0.5) is 9.59 Å². The van der Waals surface area contributed by atoms with Crippen molar-refractivity contribution < 1.29 is 18.8 Å². The number of hydrogen-bond acceptors (Lipinski definition) is 4. The van der Waals surface area contributed by atoms with Gasteiger partial charge in [-0.2, -0.15) is 0 Å². The fourth-order valence-electron chi connectivity index (χ4n) is 0.582. The molecule has 0 aliphatic heterocycles. The maximum Gasteiger partial charge on any atom is 0.452 e. The maximum absolute atomic E-state index is 11.0. The van der Waals surface area contributed by atoms with E-state index < -0.39 is 20.5 Å². The van der Waals surface area contributed by atoms with E-state index in [0.717, 1.165) is 0 Å². The van der Waals surface area contributed by atoms with Crippen molar-refractivity contribution >= 4 is 20.5 Å². The van der Waals surface area contributed by atoms with Crippen molar-refractivity contribution in [1.29, 1.82) is 0 Å². The third kappa shape index (κ3) is 9.07. The monoisotopic (exact) mass is 232 g/mol. The van der Waals surface area contributed by atoms with Gasteiger partial charge in [0.05, 0.1) is 6.61 Å². The van der Waals surface area contributed by atoms with Crippen molar-refractivity contribution in [2.75, 3.05) is 6.61 Å². The number of carbonyl (C=O) groups is 2. The Morgan fingerprint density at radius 3 is 2.13 bits per heavy atom. The Morgan fingerprint density at radius 2 is 1.67 bits per heavy atom. The highest BCUT2D eigenvalue weighted by molar-refractivity contribution is 6.71. The molecular formula is C8H16N2O4Si. The SMILES string of the molecule is CCCOC(=O)N=NC(=O)O[Si](C)(C)C. The Morgan fingerprint density at radius 1 is 1.13 bits per heavy atom. The van der Waals surface area contributed by atoms with Gasteiger partial charge < -0.3 is 9.16 Å². The van der Waals surface area contributed by atoms with Gasteiger partial charge in [0.2, 0.25) is 8.32 Å². The molecule has 0 spiro atoms. The summed E-state index contributed by atoms with van der Waals surface area (Å²) in [5.41, 5.74) is 0. The van der Waals surface area contributed by atoms with Crippen LogP contribution in [0.3, 0.4) is 0 Å². The first-order valence-electron chi connectivity index (χ1n) is 4.66. The van der Waals surface area contributed by atoms with E-state index in [9.17, 15) is 9.59 Å². The number of azo groups is 1. The second-order valence-electron chi connectivity index (χ2n) is 3.79. The zero-order chi connectivity index (χ0) is 11.9. The second kappa shape index (κ2) is 6.28. The number of amides is 2. The smallest absolute Gasteiger partial charge is 0.452 e. The van der Waals surface area contributed by atoms with Crippen molar-refractivity contribution in [3.63, 3.8) is 0 Å². The number of carbonyl (C=O) groups excluding carboxylic acids is 2. The van der Waals surface area contributed by atoms with E-state index in [0.29, 0.717) is 6.42 Å². The molecule has 0 heterocycles. The van der Waals surface area contributed by atoms with Gasteiger partial charge in [0.25, 0.3) is 0 Å². The first kappa shape index (κ1) is 13.8. The van der Waals surface area contributed by atoms with E-state index in [1.165, 1.54) is 0 Å². The Labute approximate surface area is 89.8 Å². The molecule has 0 aliphatic carbocycles. The van der Waals surface area contributed by atoms with Crippen molar-refractivity contribution in [1.82, 2.24) is 0 Å². The van der Waals surface area contributed by atoms with Gasteiger partial charge in [-0.3, -0.25) is 0 Å². The fraction of sp³-hybridized carbons (Fsp3) is 0.750. The van der Waals surface area contributed by atoms with E-state index in [1.54, 1.807) is 0 Å². The second-order valence-corrected chi connectivity index (χ2v) is 8.22. The van der Waals surface area contributed by atoms with Gasteiger partial charge in [-0.15, -0.1) is 0 Å². The number of ether oxygens (including phenoxy) is 1. The third-order valence-corrected chi connectivity index (χ3v) is 1.82. The molecule has 15 heavy (non-hydrogen) atoms. The number of hydrogen-bond donors (Lipinski definition) is 0. The molecule has 0 fully saturated rings. The molecule has 0 aliphatic rings. The number of rotatable bonds is 3. The molecule has 0 atom stereocenters. The lowest BCUT2D eigenvalue weighted by Gasteiger charge is -2.13. The van der Waals surface area contributed by atoms with Gasteiger partial charge in [-0.05, 0) is 26.1 Å². The van der Waals surface area contributed by atoms with Crippen LogP contribution in [0, 0.1) is 0 Å². The van der Waals surface area contributed by atoms with Crippen LogP contribution in [0.2, 0.25) is 19.6 Å². The summed E-state index contributed by atoms with van der Waals surface area (Å²) >= 11 is 0. The average molecular weight is 232 g/mol. The normalized spacial score (nSPS) is 11.5. The molecule has 0 aromatic rings. The molecule has 0 aromatic carbocycles. The standard InChI is InChI=1S/C8H16N2O4Si/c1-5-6-13-7(11)9-10-8(12)14-15(2,3)4/h5-6H2,1-4H3. The lowest BCUT2D eigenvalue weighted by molar-refractivity contribution is 0.154. The first-order chi connectivity index (χ1) is 6.85. The molecule has 0 aromatic heterocycles. The van der Waals surface area contributed by atoms with Gasteiger partial charge in [0.1, 0.15) is 0 Å². The third-order valence-electron chi connectivity index (χ3n) is 1.04. The highest BCUT2D eigenvalue weighted by Gasteiger charge is 2.19. The largest absolute Gasteiger partial charge is 0.502 e. The molecular weight excluding hydrogens is 216 g/mol. The van der Waals surface area contributed by atoms with Crippen LogP contribution >= 0.6 is 0 Å². The quantitative estimate of drug-likeness (QED) is 0.553. The summed E-state index contributed by atoms with van der Waals surface area (Å²) in [6.07, 6.45) is -1.02. The molecule has 0 saturated heterocycles. The molecule has 6 nitrogen and oxygen atoms in total. The minimum atomic E-state index is -1.97. The van der Waals surface area contributed by atoms with E-state index in [4.69, 9.17) is 4.43 Å². The van der Waals surface area contributed by atoms with Crippen molar-refractivity contribution in [3.8, 4) is 0 Å². The molecule has 0 radical (unpaired) electrons. The topological polar surface area (TPSA) is 77.3 Å². The molecule has 0 N–H and O–H groups in total. The summed E-state index contributed by atoms with van der Waals surface area (Å²) in [6.45, 7) is 7.60. The minimum Gasteiger partial charge on any atom is -0.502 e. The van der Waals surface area contributed by atoms with E-state index in [-0.39, 0.29) is 6.61 Å². The van der Waals surface area contributed by atoms with Crippen LogP contribution in [-0.2, 0) is 9.16 Å². The van der Waals surface area contributed by atoms with Gasteiger partial charge in [-0.25, -0.2) is 9.59 Å². The van der Waals surface area contributed by atoms with E-state index in [1.807, 2.05) is 26.6 Å². The van der Waals surface area contributed by atoms with Crippen molar-refractivity contribution in [2.24, 2.45) is 10.2 Å². The van der Waals surface area contributed by atoms with Crippen LogP contribution in [0.25, 0.3) is 0 Å². The molecule has 0 saturated carbocycles. The lowest BCUT2D eigenvalue weighted by Crippen LogP contribution is -2.27. The lowest BCUT2D eigenvalue weighted by atomic mass is 10.5. The minimum absolute atomic E-state index is 0.265. The average Bonchev–Trinajstić information content (AvgIpc) is 2.08. The summed E-state index contributed by atoms with van der Waals surface area (Å²) in [5.74, 6) is 0. The van der Waals surface area contributed by atoms with Gasteiger partial charge in [0.15, 0.2) is 0 Å². The summed E-state index contributed by atoms with van der Waals surface area (Å²) < 4.78 is 9.50. The fourth-order valence-corrected chi connectivity index (χ4v) is 1.15. The summed E-state index contributed by atoms with van der Waals surface area (Å²) in [7, 11) is -1.97. The molecule has 0 rings (SSSR count). The molecule has 0 bridgehead atoms. The summed E-state index contributed by atoms with van der Waals surface area (Å²) in [4.78, 5) is 21.8. The van der Waals surface area contributed by atoms with Crippen molar-refractivity contribution in [3.05, 3.63) is 0 Å². The van der Waals surface area contributed by atoms with Crippen LogP contribution in [0.15, 0.2) is 10.2 Å². The van der Waals surface area contributed by atoms with Crippen LogP contribution in [-0.4, -0.2) is 27.1 Å². The van der Waals surface area contributed by atoms with Crippen LogP contribution in [0.1, 0.15) is 13.3 Å². The Bertz CT molecular complexity index is 260. The van der Waals surface area contributed by atoms with Crippen LogP contribution < -0.4 is 0 Å². The predicted molar refractivity (Wildman–Crippen MR) is 56.3 cm³/mol. The predicted octanol–water partition coefficient (Wildman–Crippen LogP) is 2.96. The Hall–Kier alpha value is -1.24. The summed E-state index contributed by atoms with van der Waals surface area (Å²) in [5, 5.41) is 6.14. The van der Waals surface area contributed by atoms with Gasteiger partial charge in [0, 0.05) is 0 Å². The Balaban J connectivity index is 3.95. The van der Waals surface area contributed by atoms with Gasteiger partial charge >= 0.3 is 12.2 Å². The van der Waals surface area contributed by atoms with E-state index in [2.05, 4.69) is 15.0 Å². The van der Waals surface area contributed by atoms with Crippen LogP contribution in [0.5, 0.6) is 0 Å².